The summed E-state index contributed by atoms with van der Waals surface area (Å²) in [5, 5.41) is 0. The van der Waals surface area contributed by atoms with E-state index in [2.05, 4.69) is 0 Å². The number of ether oxygens (including phenoxy) is 1. The van der Waals surface area contributed by atoms with Gasteiger partial charge in [0, 0.05) is 19.5 Å². The molecule has 1 saturated heterocycles. The predicted octanol–water partition coefficient (Wildman–Crippen LogP) is 4.31. The van der Waals surface area contributed by atoms with Crippen molar-refractivity contribution in [2.75, 3.05) is 6.54 Å². The summed E-state index contributed by atoms with van der Waals surface area (Å²) in [5.74, 6) is -0.287. The molecular formula is C24H21NO3. The Labute approximate surface area is 164 Å². The normalized spacial score (nSPS) is 16.2. The lowest BCUT2D eigenvalue weighted by Gasteiger charge is -2.16. The molecule has 3 aromatic rings. The molecule has 0 N–H and O–H groups in total. The zero-order chi connectivity index (χ0) is 19.3. The van der Waals surface area contributed by atoms with Crippen LogP contribution in [-0.4, -0.2) is 23.3 Å². The Morgan fingerprint density at radius 3 is 2.14 bits per heavy atom. The first-order chi connectivity index (χ1) is 13.7. The molecule has 0 unspecified atom stereocenters. The highest BCUT2D eigenvalue weighted by molar-refractivity contribution is 5.87. The van der Waals surface area contributed by atoms with Gasteiger partial charge in [-0.15, -0.1) is 0 Å². The molecule has 4 heteroatoms. The molecule has 1 heterocycles. The highest BCUT2D eigenvalue weighted by Gasteiger charge is 2.35. The number of benzene rings is 3. The van der Waals surface area contributed by atoms with Gasteiger partial charge >= 0.3 is 5.97 Å². The van der Waals surface area contributed by atoms with E-state index in [4.69, 9.17) is 4.74 Å². The quantitative estimate of drug-likeness (QED) is 0.496. The van der Waals surface area contributed by atoms with Crippen LogP contribution in [0.1, 0.15) is 12.0 Å². The maximum absolute atomic E-state index is 12.5. The molecule has 0 saturated carbocycles. The summed E-state index contributed by atoms with van der Waals surface area (Å²) < 4.78 is 5.52. The molecule has 0 aliphatic carbocycles. The molecule has 0 bridgehead atoms. The zero-order valence-corrected chi connectivity index (χ0v) is 15.5. The van der Waals surface area contributed by atoms with Gasteiger partial charge in [0.1, 0.15) is 5.75 Å². The molecule has 140 valence electrons. The van der Waals surface area contributed by atoms with Gasteiger partial charge in [0.25, 0.3) is 0 Å². The first kappa shape index (κ1) is 18.0. The van der Waals surface area contributed by atoms with Crippen LogP contribution in [-0.2, 0) is 16.1 Å². The number of rotatable bonds is 5. The lowest BCUT2D eigenvalue weighted by atomic mass is 10.1. The second-order valence-electron chi connectivity index (χ2n) is 6.97. The van der Waals surface area contributed by atoms with E-state index < -0.39 is 5.92 Å². The molecular weight excluding hydrogens is 350 g/mol. The van der Waals surface area contributed by atoms with Crippen LogP contribution in [0.4, 0.5) is 0 Å². The summed E-state index contributed by atoms with van der Waals surface area (Å²) >= 11 is 0. The molecule has 0 aromatic heterocycles. The van der Waals surface area contributed by atoms with E-state index in [9.17, 15) is 9.59 Å². The highest BCUT2D eigenvalue weighted by Crippen LogP contribution is 2.25. The van der Waals surface area contributed by atoms with Crippen molar-refractivity contribution in [1.82, 2.24) is 4.90 Å². The van der Waals surface area contributed by atoms with Crippen LogP contribution in [0.2, 0.25) is 0 Å². The number of carbonyl (C=O) groups is 2. The Morgan fingerprint density at radius 1 is 0.857 bits per heavy atom. The van der Waals surface area contributed by atoms with Crippen molar-refractivity contribution >= 4 is 11.9 Å². The van der Waals surface area contributed by atoms with Gasteiger partial charge in [-0.1, -0.05) is 72.8 Å². The smallest absolute Gasteiger partial charge is 0.316 e. The van der Waals surface area contributed by atoms with Crippen molar-refractivity contribution in [2.24, 2.45) is 5.92 Å². The van der Waals surface area contributed by atoms with Gasteiger partial charge in [0.2, 0.25) is 5.91 Å². The van der Waals surface area contributed by atoms with Gasteiger partial charge in [-0.3, -0.25) is 9.59 Å². The van der Waals surface area contributed by atoms with Gasteiger partial charge in [-0.2, -0.15) is 0 Å². The van der Waals surface area contributed by atoms with E-state index in [0.717, 1.165) is 16.7 Å². The van der Waals surface area contributed by atoms with Gasteiger partial charge in [-0.05, 0) is 28.8 Å². The largest absolute Gasteiger partial charge is 0.426 e. The third-order valence-electron chi connectivity index (χ3n) is 4.94. The molecule has 28 heavy (non-hydrogen) atoms. The molecule has 1 aliphatic rings. The monoisotopic (exact) mass is 371 g/mol. The number of nitrogens with zero attached hydrogens (tertiary/aromatic N) is 1. The van der Waals surface area contributed by atoms with Gasteiger partial charge in [0.05, 0.1) is 5.92 Å². The number of esters is 1. The van der Waals surface area contributed by atoms with Crippen molar-refractivity contribution < 1.29 is 14.3 Å². The molecule has 4 rings (SSSR count). The van der Waals surface area contributed by atoms with Gasteiger partial charge in [0.15, 0.2) is 0 Å². The summed E-state index contributed by atoms with van der Waals surface area (Å²) in [6.07, 6.45) is 0.202. The number of carbonyl (C=O) groups excluding carboxylic acids is 2. The number of hydrogen-bond acceptors (Lipinski definition) is 3. The van der Waals surface area contributed by atoms with Gasteiger partial charge in [-0.25, -0.2) is 0 Å². The average Bonchev–Trinajstić information content (AvgIpc) is 3.10. The summed E-state index contributed by atoms with van der Waals surface area (Å²) in [7, 11) is 0. The van der Waals surface area contributed by atoms with Crippen molar-refractivity contribution in [3.63, 3.8) is 0 Å². The number of amides is 1. The van der Waals surface area contributed by atoms with E-state index in [1.807, 2.05) is 72.8 Å². The van der Waals surface area contributed by atoms with Crippen molar-refractivity contribution in [1.29, 1.82) is 0 Å². The highest BCUT2D eigenvalue weighted by atomic mass is 16.5. The van der Waals surface area contributed by atoms with Crippen LogP contribution in [0.15, 0.2) is 84.9 Å². The third-order valence-corrected chi connectivity index (χ3v) is 4.94. The Morgan fingerprint density at radius 2 is 1.46 bits per heavy atom. The summed E-state index contributed by atoms with van der Waals surface area (Å²) in [6.45, 7) is 0.921. The summed E-state index contributed by atoms with van der Waals surface area (Å²) in [6, 6.07) is 27.3. The van der Waals surface area contributed by atoms with Crippen molar-refractivity contribution in [3.8, 4) is 16.9 Å². The van der Waals surface area contributed by atoms with Crippen LogP contribution in [0.3, 0.4) is 0 Å². The molecule has 4 nitrogen and oxygen atoms in total. The van der Waals surface area contributed by atoms with Crippen LogP contribution in [0.25, 0.3) is 11.1 Å². The predicted molar refractivity (Wildman–Crippen MR) is 107 cm³/mol. The van der Waals surface area contributed by atoms with Gasteiger partial charge < -0.3 is 9.64 Å². The fraction of sp³-hybridized carbons (Fsp3) is 0.167. The Balaban J connectivity index is 1.37. The minimum Gasteiger partial charge on any atom is -0.426 e. The number of hydrogen-bond donors (Lipinski definition) is 0. The summed E-state index contributed by atoms with van der Waals surface area (Å²) in [5.41, 5.74) is 3.23. The molecule has 1 amide bonds. The zero-order valence-electron chi connectivity index (χ0n) is 15.5. The first-order valence-electron chi connectivity index (χ1n) is 9.38. The molecule has 1 aliphatic heterocycles. The minimum absolute atomic E-state index is 0.00905. The van der Waals surface area contributed by atoms with Crippen molar-refractivity contribution in [2.45, 2.75) is 13.0 Å². The third kappa shape index (κ3) is 4.12. The fourth-order valence-corrected chi connectivity index (χ4v) is 3.43. The van der Waals surface area contributed by atoms with Crippen molar-refractivity contribution in [3.05, 3.63) is 90.5 Å². The van der Waals surface area contributed by atoms with E-state index in [1.54, 1.807) is 17.0 Å². The standard InChI is InChI=1S/C24H21NO3/c26-23-15-21(17-25(23)16-18-7-3-1-4-8-18)24(27)28-22-13-11-20(12-14-22)19-9-5-2-6-10-19/h1-14,21H,15-17H2/t21-/m1/s1. The molecule has 3 aromatic carbocycles. The van der Waals surface area contributed by atoms with E-state index >= 15 is 0 Å². The Hall–Kier alpha value is -3.40. The number of likely N-dealkylation sites (tertiary alicyclic amines) is 1. The van der Waals surface area contributed by atoms with Crippen LogP contribution >= 0.6 is 0 Å². The fourth-order valence-electron chi connectivity index (χ4n) is 3.43. The van der Waals surface area contributed by atoms with Crippen LogP contribution in [0, 0.1) is 5.92 Å². The maximum Gasteiger partial charge on any atom is 0.316 e. The molecule has 1 atom stereocenters. The average molecular weight is 371 g/mol. The van der Waals surface area contributed by atoms with Crippen LogP contribution in [0.5, 0.6) is 5.75 Å². The summed E-state index contributed by atoms with van der Waals surface area (Å²) in [4.78, 5) is 26.5. The first-order valence-corrected chi connectivity index (χ1v) is 9.38. The second kappa shape index (κ2) is 8.09. The second-order valence-corrected chi connectivity index (χ2v) is 6.97. The maximum atomic E-state index is 12.5. The minimum atomic E-state index is -0.426. The van der Waals surface area contributed by atoms with E-state index in [0.29, 0.717) is 18.8 Å². The van der Waals surface area contributed by atoms with E-state index in [-0.39, 0.29) is 18.3 Å². The Bertz CT molecular complexity index is 952. The topological polar surface area (TPSA) is 46.6 Å². The van der Waals surface area contributed by atoms with Crippen LogP contribution < -0.4 is 4.74 Å². The lowest BCUT2D eigenvalue weighted by molar-refractivity contribution is -0.139. The molecule has 0 spiro atoms. The molecule has 0 radical (unpaired) electrons. The SMILES string of the molecule is O=C(Oc1ccc(-c2ccccc2)cc1)[C@@H]1CC(=O)N(Cc2ccccc2)C1. The lowest BCUT2D eigenvalue weighted by Crippen LogP contribution is -2.27. The molecule has 1 fully saturated rings. The van der Waals surface area contributed by atoms with E-state index in [1.165, 1.54) is 0 Å². The Kier molecular flexibility index (Phi) is 5.20.